The number of hydrogen-bond donors (Lipinski definition) is 2. The zero-order valence-electron chi connectivity index (χ0n) is 15.1. The van der Waals surface area contributed by atoms with Crippen LogP contribution in [-0.2, 0) is 12.0 Å². The Bertz CT molecular complexity index is 714. The van der Waals surface area contributed by atoms with Crippen molar-refractivity contribution in [2.24, 2.45) is 4.99 Å². The van der Waals surface area contributed by atoms with Gasteiger partial charge in [-0.1, -0.05) is 32.0 Å². The second-order valence-corrected chi connectivity index (χ2v) is 6.38. The molecular weight excluding hydrogens is 319 g/mol. The Morgan fingerprint density at radius 1 is 1.24 bits per heavy atom. The number of pyridine rings is 1. The van der Waals surface area contributed by atoms with E-state index in [0.717, 1.165) is 11.1 Å². The van der Waals surface area contributed by atoms with E-state index in [1.165, 1.54) is 6.07 Å². The molecule has 1 aromatic carbocycles. The Hall–Kier alpha value is -2.63. The molecule has 2 aromatic rings. The molecule has 0 atom stereocenters. The number of aromatic nitrogens is 1. The van der Waals surface area contributed by atoms with Crippen molar-refractivity contribution in [1.82, 2.24) is 15.6 Å². The number of halogens is 1. The molecule has 0 radical (unpaired) electrons. The van der Waals surface area contributed by atoms with Gasteiger partial charge in [-0.2, -0.15) is 0 Å². The van der Waals surface area contributed by atoms with Crippen LogP contribution in [0.1, 0.15) is 25.0 Å². The first-order chi connectivity index (χ1) is 11.9. The fourth-order valence-corrected chi connectivity index (χ4v) is 2.36. The van der Waals surface area contributed by atoms with Crippen LogP contribution in [0, 0.1) is 5.82 Å². The first kappa shape index (κ1) is 18.7. The Kier molecular flexibility index (Phi) is 6.33. The Balaban J connectivity index is 1.91. The van der Waals surface area contributed by atoms with Crippen molar-refractivity contribution in [1.29, 1.82) is 0 Å². The monoisotopic (exact) mass is 344 g/mol. The molecule has 2 N–H and O–H groups in total. The summed E-state index contributed by atoms with van der Waals surface area (Å²) in [5.41, 5.74) is 1.73. The first-order valence-corrected chi connectivity index (χ1v) is 8.14. The van der Waals surface area contributed by atoms with E-state index in [9.17, 15) is 4.39 Å². The van der Waals surface area contributed by atoms with Crippen LogP contribution in [0.2, 0.25) is 0 Å². The van der Waals surface area contributed by atoms with Crippen LogP contribution in [0.15, 0.2) is 47.6 Å². The molecule has 0 bridgehead atoms. The molecule has 1 heterocycles. The summed E-state index contributed by atoms with van der Waals surface area (Å²) in [6.45, 7) is 5.35. The maximum atomic E-state index is 13.5. The highest BCUT2D eigenvalue weighted by Crippen LogP contribution is 2.22. The van der Waals surface area contributed by atoms with E-state index < -0.39 is 0 Å². The summed E-state index contributed by atoms with van der Waals surface area (Å²) >= 11 is 0. The minimum atomic E-state index is -0.235. The van der Waals surface area contributed by atoms with Crippen molar-refractivity contribution < 1.29 is 9.13 Å². The summed E-state index contributed by atoms with van der Waals surface area (Å²) in [6, 6.07) is 10.5. The van der Waals surface area contributed by atoms with Gasteiger partial charge in [-0.3, -0.25) is 4.99 Å². The molecule has 0 aliphatic heterocycles. The molecule has 6 heteroatoms. The molecule has 25 heavy (non-hydrogen) atoms. The van der Waals surface area contributed by atoms with Crippen LogP contribution in [0.3, 0.4) is 0 Å². The van der Waals surface area contributed by atoms with Crippen molar-refractivity contribution in [3.8, 4) is 5.88 Å². The lowest BCUT2D eigenvalue weighted by Gasteiger charge is -2.26. The van der Waals surface area contributed by atoms with E-state index in [1.807, 2.05) is 18.2 Å². The van der Waals surface area contributed by atoms with Crippen molar-refractivity contribution >= 4 is 5.96 Å². The van der Waals surface area contributed by atoms with Crippen LogP contribution < -0.4 is 15.4 Å². The van der Waals surface area contributed by atoms with Crippen molar-refractivity contribution in [3.05, 3.63) is 59.5 Å². The molecule has 0 saturated heterocycles. The summed E-state index contributed by atoms with van der Waals surface area (Å²) < 4.78 is 18.5. The SMILES string of the molecule is CN=C(NCc1ccc(OC)nc1)NCC(C)(C)c1cccc(F)c1. The fraction of sp³-hybridized carbons (Fsp3) is 0.368. The first-order valence-electron chi connectivity index (χ1n) is 8.14. The number of aliphatic imine (C=N–C) groups is 1. The average Bonchev–Trinajstić information content (AvgIpc) is 2.62. The number of nitrogens with zero attached hydrogens (tertiary/aromatic N) is 2. The summed E-state index contributed by atoms with van der Waals surface area (Å²) in [7, 11) is 3.31. The largest absolute Gasteiger partial charge is 0.481 e. The van der Waals surface area contributed by atoms with Gasteiger partial charge in [-0.25, -0.2) is 9.37 Å². The zero-order valence-corrected chi connectivity index (χ0v) is 15.1. The number of methoxy groups -OCH3 is 1. The Labute approximate surface area is 148 Å². The molecule has 2 rings (SSSR count). The number of ether oxygens (including phenoxy) is 1. The summed E-state index contributed by atoms with van der Waals surface area (Å²) in [5.74, 6) is 1.04. The smallest absolute Gasteiger partial charge is 0.212 e. The number of nitrogens with one attached hydrogen (secondary N) is 2. The molecule has 0 unspecified atom stereocenters. The van der Waals surface area contributed by atoms with Gasteiger partial charge < -0.3 is 15.4 Å². The van der Waals surface area contributed by atoms with Crippen LogP contribution in [-0.4, -0.2) is 31.6 Å². The molecule has 0 spiro atoms. The Morgan fingerprint density at radius 3 is 2.64 bits per heavy atom. The molecule has 0 aliphatic carbocycles. The van der Waals surface area contributed by atoms with Gasteiger partial charge in [-0.15, -0.1) is 0 Å². The van der Waals surface area contributed by atoms with Gasteiger partial charge in [0.05, 0.1) is 7.11 Å². The maximum absolute atomic E-state index is 13.5. The van der Waals surface area contributed by atoms with Gasteiger partial charge in [0.1, 0.15) is 5.82 Å². The second kappa shape index (κ2) is 8.46. The quantitative estimate of drug-likeness (QED) is 0.625. The summed E-state index contributed by atoms with van der Waals surface area (Å²) in [4.78, 5) is 8.40. The molecule has 0 fully saturated rings. The fourth-order valence-electron chi connectivity index (χ4n) is 2.36. The van der Waals surface area contributed by atoms with E-state index >= 15 is 0 Å². The highest BCUT2D eigenvalue weighted by atomic mass is 19.1. The van der Waals surface area contributed by atoms with E-state index in [0.29, 0.717) is 24.9 Å². The van der Waals surface area contributed by atoms with Crippen LogP contribution >= 0.6 is 0 Å². The lowest BCUT2D eigenvalue weighted by Crippen LogP contribution is -2.43. The minimum Gasteiger partial charge on any atom is -0.481 e. The van der Waals surface area contributed by atoms with Crippen molar-refractivity contribution in [3.63, 3.8) is 0 Å². The van der Waals surface area contributed by atoms with Gasteiger partial charge in [0.2, 0.25) is 5.88 Å². The molecule has 5 nitrogen and oxygen atoms in total. The molecule has 1 aromatic heterocycles. The second-order valence-electron chi connectivity index (χ2n) is 6.38. The van der Waals surface area contributed by atoms with Crippen LogP contribution in [0.25, 0.3) is 0 Å². The Morgan fingerprint density at radius 2 is 2.04 bits per heavy atom. The highest BCUT2D eigenvalue weighted by Gasteiger charge is 2.21. The van der Waals surface area contributed by atoms with Crippen molar-refractivity contribution in [2.45, 2.75) is 25.8 Å². The van der Waals surface area contributed by atoms with Crippen molar-refractivity contribution in [2.75, 3.05) is 20.7 Å². The van der Waals surface area contributed by atoms with Crippen LogP contribution in [0.5, 0.6) is 5.88 Å². The topological polar surface area (TPSA) is 58.5 Å². The van der Waals surface area contributed by atoms with Gasteiger partial charge in [0, 0.05) is 37.8 Å². The van der Waals surface area contributed by atoms with E-state index in [1.54, 1.807) is 32.5 Å². The molecule has 0 amide bonds. The summed E-state index contributed by atoms with van der Waals surface area (Å²) in [5, 5.41) is 6.53. The van der Waals surface area contributed by atoms with E-state index in [2.05, 4.69) is 34.5 Å². The highest BCUT2D eigenvalue weighted by molar-refractivity contribution is 5.79. The number of guanidine groups is 1. The predicted octanol–water partition coefficient (Wildman–Crippen LogP) is 2.87. The molecule has 0 aliphatic rings. The van der Waals surface area contributed by atoms with Gasteiger partial charge in [-0.05, 0) is 23.3 Å². The summed E-state index contributed by atoms with van der Waals surface area (Å²) in [6.07, 6.45) is 1.76. The normalized spacial score (nSPS) is 12.0. The number of benzene rings is 1. The van der Waals surface area contributed by atoms with Gasteiger partial charge in [0.15, 0.2) is 5.96 Å². The third kappa shape index (κ3) is 5.45. The number of hydrogen-bond acceptors (Lipinski definition) is 3. The lowest BCUT2D eigenvalue weighted by atomic mass is 9.84. The third-order valence-corrected chi connectivity index (χ3v) is 3.99. The average molecular weight is 344 g/mol. The van der Waals surface area contributed by atoms with E-state index in [-0.39, 0.29) is 11.2 Å². The molecule has 0 saturated carbocycles. The lowest BCUT2D eigenvalue weighted by molar-refractivity contribution is 0.397. The van der Waals surface area contributed by atoms with Gasteiger partial charge in [0.25, 0.3) is 0 Å². The minimum absolute atomic E-state index is 0.222. The van der Waals surface area contributed by atoms with Crippen LogP contribution in [0.4, 0.5) is 4.39 Å². The standard InChI is InChI=1S/C19H25FN4O/c1-19(2,15-6-5-7-16(20)10-15)13-24-18(21-3)23-12-14-8-9-17(25-4)22-11-14/h5-11H,12-13H2,1-4H3,(H2,21,23,24). The van der Waals surface area contributed by atoms with Gasteiger partial charge >= 0.3 is 0 Å². The molecular formula is C19H25FN4O. The predicted molar refractivity (Wildman–Crippen MR) is 98.4 cm³/mol. The molecule has 134 valence electrons. The van der Waals surface area contributed by atoms with E-state index in [4.69, 9.17) is 4.74 Å². The maximum Gasteiger partial charge on any atom is 0.212 e. The number of rotatable bonds is 6. The zero-order chi connectivity index (χ0) is 18.3. The third-order valence-electron chi connectivity index (χ3n) is 3.99.